The van der Waals surface area contributed by atoms with Crippen molar-refractivity contribution in [2.75, 3.05) is 19.8 Å². The summed E-state index contributed by atoms with van der Waals surface area (Å²) in [5, 5.41) is 6.55. The minimum Gasteiger partial charge on any atom is -0.379 e. The predicted molar refractivity (Wildman–Crippen MR) is 71.6 cm³/mol. The molecule has 1 saturated carbocycles. The van der Waals surface area contributed by atoms with Crippen molar-refractivity contribution in [3.63, 3.8) is 0 Å². The van der Waals surface area contributed by atoms with Crippen LogP contribution in [0.4, 0.5) is 13.2 Å². The van der Waals surface area contributed by atoms with E-state index >= 15 is 0 Å². The molecule has 4 unspecified atom stereocenters. The molecule has 0 radical (unpaired) electrons. The maximum atomic E-state index is 13.0. The molecule has 0 bridgehead atoms. The smallest absolute Gasteiger partial charge is 0.379 e. The summed E-state index contributed by atoms with van der Waals surface area (Å²) in [4.78, 5) is 0. The van der Waals surface area contributed by atoms with E-state index in [2.05, 4.69) is 10.6 Å². The molecule has 2 rings (SSSR count). The van der Waals surface area contributed by atoms with Crippen molar-refractivity contribution in [2.24, 2.45) is 5.92 Å². The average molecular weight is 294 g/mol. The number of hydrogen-bond acceptors (Lipinski definition) is 3. The summed E-state index contributed by atoms with van der Waals surface area (Å²) in [7, 11) is 0. The van der Waals surface area contributed by atoms with Gasteiger partial charge in [0.05, 0.1) is 19.1 Å². The van der Waals surface area contributed by atoms with Crippen molar-refractivity contribution in [1.29, 1.82) is 0 Å². The van der Waals surface area contributed by atoms with Crippen molar-refractivity contribution in [3.05, 3.63) is 0 Å². The van der Waals surface area contributed by atoms with Gasteiger partial charge in [0.15, 0.2) is 0 Å². The molecule has 1 aliphatic heterocycles. The van der Waals surface area contributed by atoms with Crippen molar-refractivity contribution >= 4 is 0 Å². The molecule has 0 aromatic heterocycles. The predicted octanol–water partition coefficient (Wildman–Crippen LogP) is 2.46. The number of hydrogen-bond donors (Lipinski definition) is 2. The fourth-order valence-corrected chi connectivity index (χ4v) is 3.35. The molecular formula is C14H25F3N2O. The zero-order chi connectivity index (χ0) is 14.6. The van der Waals surface area contributed by atoms with Crippen LogP contribution in [0.25, 0.3) is 0 Å². The maximum Gasteiger partial charge on any atom is 0.393 e. The summed E-state index contributed by atoms with van der Waals surface area (Å²) in [5.74, 6) is -1.19. The first-order valence-corrected chi connectivity index (χ1v) is 7.60. The molecule has 2 fully saturated rings. The highest BCUT2D eigenvalue weighted by Gasteiger charge is 2.45. The summed E-state index contributed by atoms with van der Waals surface area (Å²) in [6.45, 7) is 4.17. The van der Waals surface area contributed by atoms with Gasteiger partial charge in [0, 0.05) is 24.7 Å². The Hall–Kier alpha value is -0.330. The lowest BCUT2D eigenvalue weighted by Gasteiger charge is -2.36. The Morgan fingerprint density at radius 2 is 2.05 bits per heavy atom. The third-order valence-electron chi connectivity index (χ3n) is 4.32. The molecule has 2 aliphatic rings. The van der Waals surface area contributed by atoms with Crippen molar-refractivity contribution in [2.45, 2.75) is 63.3 Å². The molecule has 6 heteroatoms. The third-order valence-corrected chi connectivity index (χ3v) is 4.32. The monoisotopic (exact) mass is 294 g/mol. The van der Waals surface area contributed by atoms with E-state index in [-0.39, 0.29) is 18.5 Å². The SMILES string of the molecule is CC(CC1COCCN1)NC1CCCCC1C(F)(F)F. The Labute approximate surface area is 118 Å². The standard InChI is InChI=1S/C14H25F3N2O/c1-10(8-11-9-20-7-6-18-11)19-13-5-3-2-4-12(13)14(15,16)17/h10-13,18-19H,2-9H2,1H3. The lowest BCUT2D eigenvalue weighted by molar-refractivity contribution is -0.189. The van der Waals surface area contributed by atoms with E-state index in [9.17, 15) is 13.2 Å². The second-order valence-electron chi connectivity index (χ2n) is 6.07. The fraction of sp³-hybridized carbons (Fsp3) is 1.00. The Kier molecular flexibility index (Phi) is 5.69. The van der Waals surface area contributed by atoms with Crippen LogP contribution in [0.15, 0.2) is 0 Å². The Morgan fingerprint density at radius 1 is 1.30 bits per heavy atom. The van der Waals surface area contributed by atoms with Crippen LogP contribution >= 0.6 is 0 Å². The van der Waals surface area contributed by atoms with Crippen LogP contribution < -0.4 is 10.6 Å². The highest BCUT2D eigenvalue weighted by molar-refractivity contribution is 4.88. The van der Waals surface area contributed by atoms with Gasteiger partial charge in [-0.25, -0.2) is 0 Å². The minimum absolute atomic E-state index is 0.0714. The van der Waals surface area contributed by atoms with Gasteiger partial charge in [-0.05, 0) is 26.2 Å². The van der Waals surface area contributed by atoms with E-state index in [0.717, 1.165) is 26.0 Å². The van der Waals surface area contributed by atoms with Crippen LogP contribution in [0.1, 0.15) is 39.0 Å². The number of nitrogens with one attached hydrogen (secondary N) is 2. The van der Waals surface area contributed by atoms with Crippen molar-refractivity contribution in [3.8, 4) is 0 Å². The topological polar surface area (TPSA) is 33.3 Å². The first kappa shape index (κ1) is 16.0. The molecule has 20 heavy (non-hydrogen) atoms. The van der Waals surface area contributed by atoms with E-state index < -0.39 is 18.1 Å². The van der Waals surface area contributed by atoms with Crippen molar-refractivity contribution < 1.29 is 17.9 Å². The van der Waals surface area contributed by atoms with Crippen molar-refractivity contribution in [1.82, 2.24) is 10.6 Å². The zero-order valence-electron chi connectivity index (χ0n) is 12.0. The summed E-state index contributed by atoms with van der Waals surface area (Å²) < 4.78 is 44.5. The maximum absolute atomic E-state index is 13.0. The first-order valence-electron chi connectivity index (χ1n) is 7.60. The second kappa shape index (κ2) is 7.09. The highest BCUT2D eigenvalue weighted by Crippen LogP contribution is 2.37. The van der Waals surface area contributed by atoms with Crippen LogP contribution in [0.5, 0.6) is 0 Å². The molecule has 1 saturated heterocycles. The first-order chi connectivity index (χ1) is 9.47. The summed E-state index contributed by atoms with van der Waals surface area (Å²) in [5.41, 5.74) is 0. The lowest BCUT2D eigenvalue weighted by Crippen LogP contribution is -2.51. The number of morpholine rings is 1. The summed E-state index contributed by atoms with van der Waals surface area (Å²) in [6.07, 6.45) is -0.802. The lowest BCUT2D eigenvalue weighted by atomic mass is 9.83. The molecule has 0 amide bonds. The molecule has 4 atom stereocenters. The number of ether oxygens (including phenoxy) is 1. The van der Waals surface area contributed by atoms with Gasteiger partial charge in [-0.1, -0.05) is 12.8 Å². The number of rotatable bonds is 4. The molecule has 1 heterocycles. The van der Waals surface area contributed by atoms with Gasteiger partial charge in [0.2, 0.25) is 0 Å². The van der Waals surface area contributed by atoms with Crippen LogP contribution in [-0.4, -0.2) is 44.1 Å². The summed E-state index contributed by atoms with van der Waals surface area (Å²) in [6, 6.07) is -0.107. The van der Waals surface area contributed by atoms with E-state index in [1.54, 1.807) is 0 Å². The molecule has 0 aromatic carbocycles. The molecule has 1 aliphatic carbocycles. The minimum atomic E-state index is -4.08. The molecule has 2 N–H and O–H groups in total. The molecule has 118 valence electrons. The van der Waals surface area contributed by atoms with Gasteiger partial charge >= 0.3 is 6.18 Å². The third kappa shape index (κ3) is 4.60. The Balaban J connectivity index is 1.83. The van der Waals surface area contributed by atoms with Gasteiger partial charge in [-0.15, -0.1) is 0 Å². The molecule has 3 nitrogen and oxygen atoms in total. The van der Waals surface area contributed by atoms with Crippen LogP contribution in [-0.2, 0) is 4.74 Å². The Morgan fingerprint density at radius 3 is 2.70 bits per heavy atom. The number of halogens is 3. The van der Waals surface area contributed by atoms with Gasteiger partial charge in [-0.3, -0.25) is 0 Å². The van der Waals surface area contributed by atoms with Crippen LogP contribution in [0, 0.1) is 5.92 Å². The van der Waals surface area contributed by atoms with E-state index in [4.69, 9.17) is 4.74 Å². The van der Waals surface area contributed by atoms with Gasteiger partial charge < -0.3 is 15.4 Å². The molecule has 0 spiro atoms. The molecular weight excluding hydrogens is 269 g/mol. The zero-order valence-corrected chi connectivity index (χ0v) is 12.0. The fourth-order valence-electron chi connectivity index (χ4n) is 3.35. The highest BCUT2D eigenvalue weighted by atomic mass is 19.4. The normalized spacial score (nSPS) is 33.9. The quantitative estimate of drug-likeness (QED) is 0.835. The van der Waals surface area contributed by atoms with Crippen LogP contribution in [0.2, 0.25) is 0 Å². The van der Waals surface area contributed by atoms with E-state index in [1.165, 1.54) is 0 Å². The van der Waals surface area contributed by atoms with E-state index in [1.807, 2.05) is 6.92 Å². The van der Waals surface area contributed by atoms with Gasteiger partial charge in [0.25, 0.3) is 0 Å². The van der Waals surface area contributed by atoms with Crippen LogP contribution in [0.3, 0.4) is 0 Å². The van der Waals surface area contributed by atoms with Gasteiger partial charge in [0.1, 0.15) is 0 Å². The van der Waals surface area contributed by atoms with E-state index in [0.29, 0.717) is 19.4 Å². The summed E-state index contributed by atoms with van der Waals surface area (Å²) >= 11 is 0. The average Bonchev–Trinajstić information content (AvgIpc) is 2.39. The largest absolute Gasteiger partial charge is 0.393 e. The van der Waals surface area contributed by atoms with Gasteiger partial charge in [-0.2, -0.15) is 13.2 Å². The number of alkyl halides is 3. The Bertz CT molecular complexity index is 293. The molecule has 0 aromatic rings. The second-order valence-corrected chi connectivity index (χ2v) is 6.07.